The molecule has 0 unspecified atom stereocenters. The van der Waals surface area contributed by atoms with E-state index in [1.54, 1.807) is 0 Å². The molecule has 0 saturated heterocycles. The van der Waals surface area contributed by atoms with Crippen molar-refractivity contribution in [2.45, 2.75) is 13.3 Å². The van der Waals surface area contributed by atoms with Crippen LogP contribution in [0.1, 0.15) is 16.7 Å². The van der Waals surface area contributed by atoms with Gasteiger partial charge in [-0.1, -0.05) is 42.5 Å². The van der Waals surface area contributed by atoms with Crippen LogP contribution in [0.2, 0.25) is 0 Å². The van der Waals surface area contributed by atoms with Crippen LogP contribution < -0.4 is 9.13 Å². The second-order valence-corrected chi connectivity index (χ2v) is 7.68. The van der Waals surface area contributed by atoms with Gasteiger partial charge in [0.05, 0.1) is 0 Å². The van der Waals surface area contributed by atoms with Crippen LogP contribution in [0.4, 0.5) is 0 Å². The van der Waals surface area contributed by atoms with Gasteiger partial charge >= 0.3 is 0 Å². The molecule has 5 rings (SSSR count). The van der Waals surface area contributed by atoms with E-state index >= 15 is 0 Å². The Hall–Kier alpha value is -3.26. The van der Waals surface area contributed by atoms with Gasteiger partial charge in [-0.3, -0.25) is 0 Å². The third-order valence-electron chi connectivity index (χ3n) is 5.98. The molecule has 0 radical (unpaired) electrons. The SMILES string of the molecule is Cc1ccccc1-c1cc2c(c(-c3cccc[n+]3C)[n+]1C)Cc1ccccc1-2. The van der Waals surface area contributed by atoms with Crippen molar-refractivity contribution in [1.29, 1.82) is 0 Å². The number of aromatic nitrogens is 2. The first-order chi connectivity index (χ1) is 13.6. The van der Waals surface area contributed by atoms with E-state index in [4.69, 9.17) is 0 Å². The highest BCUT2D eigenvalue weighted by molar-refractivity contribution is 5.83. The summed E-state index contributed by atoms with van der Waals surface area (Å²) < 4.78 is 4.60. The van der Waals surface area contributed by atoms with E-state index in [0.29, 0.717) is 0 Å². The van der Waals surface area contributed by atoms with Crippen LogP contribution in [-0.2, 0) is 20.5 Å². The van der Waals surface area contributed by atoms with E-state index in [2.05, 4.69) is 109 Å². The zero-order valence-corrected chi connectivity index (χ0v) is 16.6. The molecule has 2 heteroatoms. The summed E-state index contributed by atoms with van der Waals surface area (Å²) in [6, 6.07) is 26.3. The van der Waals surface area contributed by atoms with Crippen LogP contribution in [0.3, 0.4) is 0 Å². The maximum absolute atomic E-state index is 2.38. The van der Waals surface area contributed by atoms with Gasteiger partial charge in [-0.2, -0.15) is 9.13 Å². The molecular weight excluding hydrogens is 340 g/mol. The Morgan fingerprint density at radius 2 is 1.43 bits per heavy atom. The largest absolute Gasteiger partial charge is 0.281 e. The molecule has 0 amide bonds. The standard InChI is InChI=1S/C26H24N2/c1-18-10-4-6-12-20(18)25-17-22-21-13-7-5-11-19(21)16-23(22)26(28(25)3)24-14-8-9-15-27(24)2/h4-15,17H,16H2,1-3H3/q+2. The minimum atomic E-state index is 0.984. The summed E-state index contributed by atoms with van der Waals surface area (Å²) in [5.74, 6) is 0. The summed E-state index contributed by atoms with van der Waals surface area (Å²) in [4.78, 5) is 0. The normalized spacial score (nSPS) is 12.0. The summed E-state index contributed by atoms with van der Waals surface area (Å²) in [5, 5.41) is 0. The van der Waals surface area contributed by atoms with Crippen molar-refractivity contribution in [3.8, 4) is 33.8 Å². The minimum Gasteiger partial charge on any atom is -0.196 e. The van der Waals surface area contributed by atoms with Crippen LogP contribution in [-0.4, -0.2) is 0 Å². The molecule has 2 aromatic heterocycles. The number of fused-ring (bicyclic) bond motifs is 3. The Morgan fingerprint density at radius 1 is 0.714 bits per heavy atom. The molecule has 0 spiro atoms. The Labute approximate surface area is 166 Å². The number of hydrogen-bond donors (Lipinski definition) is 0. The first-order valence-electron chi connectivity index (χ1n) is 9.80. The molecule has 1 aliphatic rings. The maximum atomic E-state index is 2.38. The molecule has 28 heavy (non-hydrogen) atoms. The Balaban J connectivity index is 1.89. The van der Waals surface area contributed by atoms with Crippen molar-refractivity contribution in [3.05, 3.63) is 95.7 Å². The van der Waals surface area contributed by atoms with Gasteiger partial charge < -0.3 is 0 Å². The first-order valence-corrected chi connectivity index (χ1v) is 9.80. The van der Waals surface area contributed by atoms with Gasteiger partial charge in [-0.15, -0.1) is 0 Å². The molecule has 0 fully saturated rings. The third-order valence-corrected chi connectivity index (χ3v) is 5.98. The maximum Gasteiger partial charge on any atom is 0.281 e. The van der Waals surface area contributed by atoms with Gasteiger partial charge in [-0.25, -0.2) is 0 Å². The van der Waals surface area contributed by atoms with Crippen LogP contribution in [0.15, 0.2) is 79.0 Å². The number of hydrogen-bond acceptors (Lipinski definition) is 0. The molecule has 0 N–H and O–H groups in total. The lowest BCUT2D eigenvalue weighted by Crippen LogP contribution is -2.41. The van der Waals surface area contributed by atoms with Gasteiger partial charge in [0, 0.05) is 35.7 Å². The van der Waals surface area contributed by atoms with Gasteiger partial charge in [-0.05, 0) is 41.3 Å². The van der Waals surface area contributed by atoms with E-state index in [9.17, 15) is 0 Å². The summed E-state index contributed by atoms with van der Waals surface area (Å²) in [7, 11) is 4.33. The Bertz CT molecular complexity index is 1220. The lowest BCUT2D eigenvalue weighted by molar-refractivity contribution is -0.685. The van der Waals surface area contributed by atoms with Crippen molar-refractivity contribution in [2.24, 2.45) is 14.1 Å². The molecule has 136 valence electrons. The van der Waals surface area contributed by atoms with Gasteiger partial charge in [0.1, 0.15) is 14.1 Å². The van der Waals surface area contributed by atoms with E-state index in [1.165, 1.54) is 50.5 Å². The fourth-order valence-electron chi connectivity index (χ4n) is 4.53. The molecule has 0 atom stereocenters. The van der Waals surface area contributed by atoms with Gasteiger partial charge in [0.15, 0.2) is 6.20 Å². The fourth-order valence-corrected chi connectivity index (χ4v) is 4.53. The van der Waals surface area contributed by atoms with E-state index < -0.39 is 0 Å². The second kappa shape index (κ2) is 6.42. The summed E-state index contributed by atoms with van der Waals surface area (Å²) >= 11 is 0. The molecule has 0 aliphatic heterocycles. The number of aryl methyl sites for hydroxylation is 2. The Kier molecular flexibility index (Phi) is 3.87. The van der Waals surface area contributed by atoms with Crippen LogP contribution in [0, 0.1) is 6.92 Å². The van der Waals surface area contributed by atoms with E-state index in [1.807, 2.05) is 0 Å². The van der Waals surface area contributed by atoms with Crippen molar-refractivity contribution in [3.63, 3.8) is 0 Å². The average molecular weight is 364 g/mol. The lowest BCUT2D eigenvalue weighted by Gasteiger charge is -2.11. The third kappa shape index (κ3) is 2.49. The molecule has 1 aliphatic carbocycles. The topological polar surface area (TPSA) is 7.76 Å². The van der Waals surface area contributed by atoms with Crippen molar-refractivity contribution in [2.75, 3.05) is 0 Å². The van der Waals surface area contributed by atoms with Crippen LogP contribution >= 0.6 is 0 Å². The second-order valence-electron chi connectivity index (χ2n) is 7.68. The monoisotopic (exact) mass is 364 g/mol. The smallest absolute Gasteiger partial charge is 0.196 e. The predicted octanol–water partition coefficient (Wildman–Crippen LogP) is 4.55. The van der Waals surface area contributed by atoms with Gasteiger partial charge in [0.2, 0.25) is 5.69 Å². The average Bonchev–Trinajstić information content (AvgIpc) is 3.07. The summed E-state index contributed by atoms with van der Waals surface area (Å²) in [6.07, 6.45) is 3.11. The van der Waals surface area contributed by atoms with E-state index in [-0.39, 0.29) is 0 Å². The summed E-state index contributed by atoms with van der Waals surface area (Å²) in [5.41, 5.74) is 12.0. The van der Waals surface area contributed by atoms with Crippen molar-refractivity contribution < 1.29 is 9.13 Å². The molecule has 0 bridgehead atoms. The molecule has 0 saturated carbocycles. The number of rotatable bonds is 2. The highest BCUT2D eigenvalue weighted by Gasteiger charge is 2.34. The number of benzene rings is 2. The van der Waals surface area contributed by atoms with Gasteiger partial charge in [0.25, 0.3) is 11.4 Å². The molecule has 2 aromatic carbocycles. The molecule has 4 aromatic rings. The van der Waals surface area contributed by atoms with Crippen LogP contribution in [0.5, 0.6) is 0 Å². The Morgan fingerprint density at radius 3 is 2.21 bits per heavy atom. The molecular formula is C26H24N2+2. The highest BCUT2D eigenvalue weighted by atomic mass is 15.0. The fraction of sp³-hybridized carbons (Fsp3) is 0.154. The zero-order valence-electron chi connectivity index (χ0n) is 16.6. The number of pyridine rings is 2. The van der Waals surface area contributed by atoms with E-state index in [0.717, 1.165) is 6.42 Å². The summed E-state index contributed by atoms with van der Waals surface area (Å²) in [6.45, 7) is 2.19. The lowest BCUT2D eigenvalue weighted by atomic mass is 9.97. The van der Waals surface area contributed by atoms with Crippen molar-refractivity contribution in [1.82, 2.24) is 0 Å². The van der Waals surface area contributed by atoms with Crippen LogP contribution in [0.25, 0.3) is 33.8 Å². The van der Waals surface area contributed by atoms with Crippen molar-refractivity contribution >= 4 is 0 Å². The molecule has 2 heterocycles. The predicted molar refractivity (Wildman–Crippen MR) is 113 cm³/mol. The number of nitrogens with zero attached hydrogens (tertiary/aromatic N) is 2. The molecule has 2 nitrogen and oxygen atoms in total. The zero-order chi connectivity index (χ0) is 19.3. The highest BCUT2D eigenvalue weighted by Crippen LogP contribution is 2.41. The first kappa shape index (κ1) is 16.9. The quantitative estimate of drug-likeness (QED) is 0.406. The minimum absolute atomic E-state index is 0.984.